The zero-order valence-corrected chi connectivity index (χ0v) is 25.5. The first-order valence-corrected chi connectivity index (χ1v) is 15.0. The molecule has 0 saturated heterocycles. The third-order valence-electron chi connectivity index (χ3n) is 7.03. The number of rotatable bonds is 11. The van der Waals surface area contributed by atoms with Gasteiger partial charge in [0.15, 0.2) is 4.80 Å². The number of methoxy groups -OCH3 is 2. The summed E-state index contributed by atoms with van der Waals surface area (Å²) in [6.45, 7) is 4.41. The van der Waals surface area contributed by atoms with Crippen molar-refractivity contribution in [2.75, 3.05) is 20.8 Å². The molecule has 0 unspecified atom stereocenters. The molecule has 4 aromatic rings. The molecule has 222 valence electrons. The van der Waals surface area contributed by atoms with Crippen LogP contribution in [-0.2, 0) is 16.1 Å². The minimum atomic E-state index is -0.815. The maximum Gasteiger partial charge on any atom is 0.338 e. The Morgan fingerprint density at radius 2 is 1.79 bits per heavy atom. The number of carbonyl (C=O) groups excluding carboxylic acids is 1. The van der Waals surface area contributed by atoms with E-state index in [4.69, 9.17) is 23.9 Å². The van der Waals surface area contributed by atoms with Crippen LogP contribution in [0.5, 0.6) is 17.2 Å². The van der Waals surface area contributed by atoms with Gasteiger partial charge in [-0.15, -0.1) is 0 Å². The lowest BCUT2D eigenvalue weighted by Gasteiger charge is -2.27. The first-order chi connectivity index (χ1) is 21.0. The van der Waals surface area contributed by atoms with Crippen LogP contribution in [0.4, 0.5) is 0 Å². The Morgan fingerprint density at radius 1 is 0.977 bits per heavy atom. The van der Waals surface area contributed by atoms with Gasteiger partial charge >= 0.3 is 5.97 Å². The Hall–Kier alpha value is -4.63. The van der Waals surface area contributed by atoms with Crippen molar-refractivity contribution < 1.29 is 23.7 Å². The summed E-state index contributed by atoms with van der Waals surface area (Å²) in [4.78, 5) is 33.0. The van der Waals surface area contributed by atoms with Crippen LogP contribution in [0.25, 0.3) is 6.08 Å². The zero-order chi connectivity index (χ0) is 30.3. The fourth-order valence-electron chi connectivity index (χ4n) is 5.05. The highest BCUT2D eigenvalue weighted by Gasteiger charge is 2.36. The van der Waals surface area contributed by atoms with Crippen molar-refractivity contribution in [2.24, 2.45) is 4.99 Å². The van der Waals surface area contributed by atoms with Gasteiger partial charge in [0.05, 0.1) is 36.6 Å². The molecule has 43 heavy (non-hydrogen) atoms. The average Bonchev–Trinajstić information content (AvgIpc) is 3.33. The summed E-state index contributed by atoms with van der Waals surface area (Å²) in [7, 11) is 3.13. The number of allylic oxidation sites excluding steroid dienone is 1. The van der Waals surface area contributed by atoms with Crippen molar-refractivity contribution in [3.8, 4) is 17.2 Å². The Bertz CT molecular complexity index is 1820. The molecule has 8 nitrogen and oxygen atoms in total. The van der Waals surface area contributed by atoms with E-state index in [1.807, 2.05) is 67.6 Å². The minimum Gasteiger partial charge on any atom is -0.497 e. The summed E-state index contributed by atoms with van der Waals surface area (Å²) in [5.41, 5.74) is 3.13. The van der Waals surface area contributed by atoms with Crippen molar-refractivity contribution in [1.82, 2.24) is 4.57 Å². The van der Waals surface area contributed by atoms with Gasteiger partial charge in [0.25, 0.3) is 5.56 Å². The Balaban J connectivity index is 1.65. The molecule has 1 atom stereocenters. The smallest absolute Gasteiger partial charge is 0.338 e. The van der Waals surface area contributed by atoms with Crippen molar-refractivity contribution >= 4 is 23.4 Å². The highest BCUT2D eigenvalue weighted by Crippen LogP contribution is 2.38. The van der Waals surface area contributed by atoms with Crippen molar-refractivity contribution in [3.63, 3.8) is 0 Å². The summed E-state index contributed by atoms with van der Waals surface area (Å²) >= 11 is 1.28. The fourth-order valence-corrected chi connectivity index (χ4v) is 6.07. The lowest BCUT2D eigenvalue weighted by Crippen LogP contribution is -2.40. The first-order valence-electron chi connectivity index (χ1n) is 14.2. The summed E-state index contributed by atoms with van der Waals surface area (Å²) in [5.74, 6) is 1.27. The van der Waals surface area contributed by atoms with E-state index in [0.29, 0.717) is 56.4 Å². The number of aromatic nitrogens is 1. The molecule has 3 aromatic carbocycles. The molecule has 0 bridgehead atoms. The third kappa shape index (κ3) is 6.41. The fraction of sp³-hybridized carbons (Fsp3) is 0.265. The predicted molar refractivity (Wildman–Crippen MR) is 166 cm³/mol. The van der Waals surface area contributed by atoms with Crippen molar-refractivity contribution in [2.45, 2.75) is 39.3 Å². The number of nitrogens with zero attached hydrogens (tertiary/aromatic N) is 2. The number of hydrogen-bond donors (Lipinski definition) is 0. The molecule has 0 spiro atoms. The van der Waals surface area contributed by atoms with Crippen LogP contribution < -0.4 is 29.1 Å². The van der Waals surface area contributed by atoms with Gasteiger partial charge in [-0.1, -0.05) is 67.1 Å². The molecule has 0 saturated carbocycles. The van der Waals surface area contributed by atoms with E-state index in [0.717, 1.165) is 17.5 Å². The van der Waals surface area contributed by atoms with Crippen LogP contribution in [0.1, 0.15) is 49.4 Å². The molecule has 0 fully saturated rings. The van der Waals surface area contributed by atoms with Gasteiger partial charge in [-0.05, 0) is 60.9 Å². The van der Waals surface area contributed by atoms with Crippen LogP contribution in [0.3, 0.4) is 0 Å². The second kappa shape index (κ2) is 13.6. The van der Waals surface area contributed by atoms with Crippen LogP contribution in [0.2, 0.25) is 0 Å². The second-order valence-electron chi connectivity index (χ2n) is 9.87. The molecule has 1 aliphatic rings. The van der Waals surface area contributed by atoms with E-state index in [2.05, 4.69) is 0 Å². The second-order valence-corrected chi connectivity index (χ2v) is 10.9. The number of ether oxygens (including phenoxy) is 4. The van der Waals surface area contributed by atoms with Crippen molar-refractivity contribution in [3.05, 3.63) is 120 Å². The number of benzene rings is 3. The van der Waals surface area contributed by atoms with E-state index in [1.54, 1.807) is 43.9 Å². The largest absolute Gasteiger partial charge is 0.497 e. The van der Waals surface area contributed by atoms with Gasteiger partial charge in [-0.3, -0.25) is 9.36 Å². The van der Waals surface area contributed by atoms with E-state index in [1.165, 1.54) is 11.3 Å². The first kappa shape index (κ1) is 29.8. The highest BCUT2D eigenvalue weighted by molar-refractivity contribution is 7.07. The molecular formula is C34H34N2O6S. The zero-order valence-electron chi connectivity index (χ0n) is 24.7. The molecular weight excluding hydrogens is 564 g/mol. The minimum absolute atomic E-state index is 0.191. The Labute approximate surface area is 254 Å². The van der Waals surface area contributed by atoms with Crippen molar-refractivity contribution in [1.29, 1.82) is 0 Å². The van der Waals surface area contributed by atoms with Crippen LogP contribution in [-0.4, -0.2) is 31.4 Å². The quantitative estimate of drug-likeness (QED) is 0.221. The van der Waals surface area contributed by atoms with Gasteiger partial charge < -0.3 is 18.9 Å². The van der Waals surface area contributed by atoms with E-state index >= 15 is 0 Å². The number of fused-ring (bicyclic) bond motifs is 1. The van der Waals surface area contributed by atoms with E-state index in [-0.39, 0.29) is 12.2 Å². The standard InChI is InChI=1S/C34H34N2O6S/c1-5-11-27-30(33(38)41-6-2)31(26-20-24(39-3)16-17-28(26)40-4)36-32(37)29(43-34(36)35-27)19-23-14-10-15-25(18-23)42-21-22-12-8-7-9-13-22/h7-10,12-20,31H,5-6,11,21H2,1-4H3/b29-19+/t31-/m1/s1. The maximum atomic E-state index is 14.1. The molecule has 2 heterocycles. The lowest BCUT2D eigenvalue weighted by atomic mass is 9.93. The summed E-state index contributed by atoms with van der Waals surface area (Å²) in [5, 5.41) is 0. The molecule has 0 amide bonds. The molecule has 9 heteroatoms. The van der Waals surface area contributed by atoms with Gasteiger partial charge in [0, 0.05) is 5.56 Å². The van der Waals surface area contributed by atoms with Gasteiger partial charge in [0.1, 0.15) is 29.9 Å². The topological polar surface area (TPSA) is 88.4 Å². The van der Waals surface area contributed by atoms with Gasteiger partial charge in [-0.25, -0.2) is 9.79 Å². The molecule has 1 aromatic heterocycles. The van der Waals surface area contributed by atoms with Crippen LogP contribution in [0.15, 0.2) is 93.9 Å². The third-order valence-corrected chi connectivity index (χ3v) is 8.01. The Kier molecular flexibility index (Phi) is 9.41. The number of carbonyl (C=O) groups is 1. The highest BCUT2D eigenvalue weighted by atomic mass is 32.1. The molecule has 1 aliphatic heterocycles. The maximum absolute atomic E-state index is 14.1. The van der Waals surface area contributed by atoms with Gasteiger partial charge in [-0.2, -0.15) is 0 Å². The molecule has 0 radical (unpaired) electrons. The van der Waals surface area contributed by atoms with Crippen LogP contribution in [0, 0.1) is 0 Å². The molecule has 0 aliphatic carbocycles. The summed E-state index contributed by atoms with van der Waals surface area (Å²) in [6.07, 6.45) is 3.13. The molecule has 5 rings (SSSR count). The van der Waals surface area contributed by atoms with E-state index < -0.39 is 12.0 Å². The SMILES string of the molecule is CCCC1=C(C(=O)OCC)[C@@H](c2cc(OC)ccc2OC)n2c(s/c(=C/c3cccc(OCc4ccccc4)c3)c2=O)=N1. The summed E-state index contributed by atoms with van der Waals surface area (Å²) < 4.78 is 24.8. The number of thiazole rings is 1. The molecule has 0 N–H and O–H groups in total. The van der Waals surface area contributed by atoms with Crippen LogP contribution >= 0.6 is 11.3 Å². The average molecular weight is 599 g/mol. The van der Waals surface area contributed by atoms with E-state index in [9.17, 15) is 9.59 Å². The Morgan fingerprint density at radius 3 is 2.51 bits per heavy atom. The predicted octanol–water partition coefficient (Wildman–Crippen LogP) is 5.17. The lowest BCUT2D eigenvalue weighted by molar-refractivity contribution is -0.139. The monoisotopic (exact) mass is 598 g/mol. The number of hydrogen-bond acceptors (Lipinski definition) is 8. The normalized spacial score (nSPS) is 14.6. The van der Waals surface area contributed by atoms with Gasteiger partial charge in [0.2, 0.25) is 0 Å². The number of esters is 1. The summed E-state index contributed by atoms with van der Waals surface area (Å²) in [6, 6.07) is 22.1.